The van der Waals surface area contributed by atoms with Gasteiger partial charge in [-0.2, -0.15) is 0 Å². The predicted molar refractivity (Wildman–Crippen MR) is 246 cm³/mol. The minimum atomic E-state index is 0.493. The zero-order valence-corrected chi connectivity index (χ0v) is 31.6. The molecule has 2 heterocycles. The summed E-state index contributed by atoms with van der Waals surface area (Å²) in [6.45, 7) is 0.495. The van der Waals surface area contributed by atoms with E-state index in [-0.39, 0.29) is 0 Å². The lowest BCUT2D eigenvalue weighted by Crippen LogP contribution is -2.12. The predicted octanol–water partition coefficient (Wildman–Crippen LogP) is 14.0. The van der Waals surface area contributed by atoms with Crippen molar-refractivity contribution in [2.45, 2.75) is 6.67 Å². The molecule has 0 fully saturated rings. The van der Waals surface area contributed by atoms with E-state index in [9.17, 15) is 5.41 Å². The number of fused-ring (bicyclic) bond motifs is 11. The van der Waals surface area contributed by atoms with Crippen LogP contribution in [0.5, 0.6) is 0 Å². The lowest BCUT2D eigenvalue weighted by Gasteiger charge is -2.18. The largest absolute Gasteiger partial charge is 0.366 e. The van der Waals surface area contributed by atoms with Crippen molar-refractivity contribution in [3.05, 3.63) is 205 Å². The highest BCUT2D eigenvalue weighted by molar-refractivity contribution is 6.28. The number of rotatable bonds is 6. The Morgan fingerprint density at radius 2 is 1.02 bits per heavy atom. The van der Waals surface area contributed by atoms with Gasteiger partial charge in [0.05, 0.1) is 40.1 Å². The van der Waals surface area contributed by atoms with Gasteiger partial charge in [-0.3, -0.25) is 5.41 Å². The Balaban J connectivity index is 1.13. The molecule has 4 heteroatoms. The molecular formula is C54H36N4. The summed E-state index contributed by atoms with van der Waals surface area (Å²) in [5, 5.41) is 27.9. The molecule has 12 rings (SSSR count). The van der Waals surface area contributed by atoms with Gasteiger partial charge in [-0.05, 0) is 86.2 Å². The smallest absolute Gasteiger partial charge is 0.0926 e. The zero-order valence-electron chi connectivity index (χ0n) is 31.6. The molecule has 4 nitrogen and oxygen atoms in total. The van der Waals surface area contributed by atoms with Crippen molar-refractivity contribution in [1.82, 2.24) is 9.13 Å². The molecule has 2 aromatic heterocycles. The summed E-state index contributed by atoms with van der Waals surface area (Å²) in [5.41, 5.74) is 9.06. The van der Waals surface area contributed by atoms with E-state index in [0.717, 1.165) is 38.7 Å². The van der Waals surface area contributed by atoms with Crippen LogP contribution in [0.1, 0.15) is 11.1 Å². The molecule has 0 bridgehead atoms. The molecular weight excluding hydrogens is 705 g/mol. The molecule has 272 valence electrons. The number of benzene rings is 10. The number of anilines is 1. The highest BCUT2D eigenvalue weighted by atomic mass is 15.1. The second kappa shape index (κ2) is 12.7. The lowest BCUT2D eigenvalue weighted by molar-refractivity contribution is 0.845. The SMILES string of the molecule is N=C(c1ccc2ccccc2c1)c1ccc2ccccc2c1NCn1c2cc3ccccc3cc2c2ccc3c(c4cc5ccccc5cc4n3-c3ccccc3)c21. The third-order valence-corrected chi connectivity index (χ3v) is 12.2. The second-order valence-electron chi connectivity index (χ2n) is 15.4. The molecule has 10 aromatic carbocycles. The van der Waals surface area contributed by atoms with Crippen molar-refractivity contribution in [2.75, 3.05) is 5.32 Å². The van der Waals surface area contributed by atoms with Crippen LogP contribution in [0.4, 0.5) is 5.69 Å². The van der Waals surface area contributed by atoms with Crippen LogP contribution in [0.15, 0.2) is 194 Å². The van der Waals surface area contributed by atoms with Crippen molar-refractivity contribution in [3.8, 4) is 5.69 Å². The van der Waals surface area contributed by atoms with E-state index in [1.807, 2.05) is 0 Å². The Bertz CT molecular complexity index is 3650. The van der Waals surface area contributed by atoms with Crippen molar-refractivity contribution in [2.24, 2.45) is 0 Å². The minimum absolute atomic E-state index is 0.493. The maximum absolute atomic E-state index is 9.67. The van der Waals surface area contributed by atoms with Gasteiger partial charge in [-0.25, -0.2) is 0 Å². The van der Waals surface area contributed by atoms with Crippen molar-refractivity contribution in [3.63, 3.8) is 0 Å². The molecule has 0 saturated carbocycles. The first-order chi connectivity index (χ1) is 28.7. The Hall–Kier alpha value is -7.69. The fraction of sp³-hybridized carbons (Fsp3) is 0.0185. The molecule has 0 saturated heterocycles. The van der Waals surface area contributed by atoms with Crippen LogP contribution in [0.2, 0.25) is 0 Å². The van der Waals surface area contributed by atoms with E-state index < -0.39 is 0 Å². The standard InChI is InChI=1S/C54H36N4/c55-52(41-23-22-34-12-4-5-14-36(34)28-41)45-25-24-35-13-10-11-21-43(35)53(45)56-33-57-49-31-39-17-8-6-15-37(39)29-46(49)44-26-27-48-51(54(44)57)47-30-38-16-7-9-18-40(38)32-50(47)58(48)42-19-2-1-3-20-42/h1-32,55-56H,33H2. The third-order valence-electron chi connectivity index (χ3n) is 12.2. The van der Waals surface area contributed by atoms with E-state index in [1.165, 1.54) is 70.5 Å². The Kier molecular flexibility index (Phi) is 7.11. The quantitative estimate of drug-likeness (QED) is 0.164. The molecule has 0 amide bonds. The van der Waals surface area contributed by atoms with Crippen molar-refractivity contribution < 1.29 is 0 Å². The van der Waals surface area contributed by atoms with Gasteiger partial charge in [0, 0.05) is 43.7 Å². The number of nitrogens with one attached hydrogen (secondary N) is 2. The van der Waals surface area contributed by atoms with E-state index in [4.69, 9.17) is 0 Å². The second-order valence-corrected chi connectivity index (χ2v) is 15.4. The van der Waals surface area contributed by atoms with Gasteiger partial charge >= 0.3 is 0 Å². The fourth-order valence-corrected chi connectivity index (χ4v) is 9.41. The lowest BCUT2D eigenvalue weighted by atomic mass is 9.95. The number of para-hydroxylation sites is 1. The topological polar surface area (TPSA) is 45.7 Å². The van der Waals surface area contributed by atoms with Gasteiger partial charge in [-0.15, -0.1) is 0 Å². The van der Waals surface area contributed by atoms with Crippen LogP contribution in [-0.2, 0) is 6.67 Å². The number of hydrogen-bond donors (Lipinski definition) is 2. The van der Waals surface area contributed by atoms with Crippen LogP contribution in [-0.4, -0.2) is 14.8 Å². The summed E-state index contributed by atoms with van der Waals surface area (Å²) < 4.78 is 4.91. The van der Waals surface area contributed by atoms with E-state index in [2.05, 4.69) is 209 Å². The van der Waals surface area contributed by atoms with Crippen molar-refractivity contribution in [1.29, 1.82) is 5.41 Å². The normalized spacial score (nSPS) is 11.9. The van der Waals surface area contributed by atoms with Crippen LogP contribution in [0.25, 0.3) is 92.4 Å². The summed E-state index contributed by atoms with van der Waals surface area (Å²) in [5.74, 6) is 0. The monoisotopic (exact) mass is 740 g/mol. The highest BCUT2D eigenvalue weighted by Crippen LogP contribution is 2.43. The first kappa shape index (κ1) is 32.5. The van der Waals surface area contributed by atoms with E-state index >= 15 is 0 Å². The van der Waals surface area contributed by atoms with E-state index in [0.29, 0.717) is 12.4 Å². The van der Waals surface area contributed by atoms with Gasteiger partial charge in [-0.1, -0.05) is 146 Å². The molecule has 0 unspecified atom stereocenters. The first-order valence-electron chi connectivity index (χ1n) is 19.9. The molecule has 0 spiro atoms. The molecule has 0 aliphatic heterocycles. The fourth-order valence-electron chi connectivity index (χ4n) is 9.41. The molecule has 58 heavy (non-hydrogen) atoms. The molecule has 0 radical (unpaired) electrons. The average molecular weight is 741 g/mol. The average Bonchev–Trinajstić information content (AvgIpc) is 3.77. The van der Waals surface area contributed by atoms with Gasteiger partial charge < -0.3 is 14.5 Å². The summed E-state index contributed by atoms with van der Waals surface area (Å²) in [4.78, 5) is 0. The number of hydrogen-bond acceptors (Lipinski definition) is 2. The summed E-state index contributed by atoms with van der Waals surface area (Å²) in [6.07, 6.45) is 0. The third kappa shape index (κ3) is 4.92. The Morgan fingerprint density at radius 1 is 0.431 bits per heavy atom. The first-order valence-corrected chi connectivity index (χ1v) is 19.9. The van der Waals surface area contributed by atoms with Gasteiger partial charge in [0.1, 0.15) is 0 Å². The summed E-state index contributed by atoms with van der Waals surface area (Å²) in [7, 11) is 0. The number of aromatic nitrogens is 2. The Morgan fingerprint density at radius 3 is 1.76 bits per heavy atom. The number of nitrogens with zero attached hydrogens (tertiary/aromatic N) is 2. The maximum Gasteiger partial charge on any atom is 0.0926 e. The zero-order chi connectivity index (χ0) is 38.3. The maximum atomic E-state index is 9.67. The molecule has 0 aliphatic carbocycles. The van der Waals surface area contributed by atoms with Crippen LogP contribution in [0, 0.1) is 5.41 Å². The minimum Gasteiger partial charge on any atom is -0.366 e. The summed E-state index contributed by atoms with van der Waals surface area (Å²) >= 11 is 0. The van der Waals surface area contributed by atoms with Crippen LogP contribution >= 0.6 is 0 Å². The van der Waals surface area contributed by atoms with Crippen LogP contribution in [0.3, 0.4) is 0 Å². The molecule has 12 aromatic rings. The Labute approximate surface area is 334 Å². The van der Waals surface area contributed by atoms with Gasteiger partial charge in [0.15, 0.2) is 0 Å². The molecule has 0 atom stereocenters. The van der Waals surface area contributed by atoms with E-state index in [1.54, 1.807) is 0 Å². The molecule has 0 aliphatic rings. The highest BCUT2D eigenvalue weighted by Gasteiger charge is 2.22. The van der Waals surface area contributed by atoms with Crippen LogP contribution < -0.4 is 5.32 Å². The summed E-state index contributed by atoms with van der Waals surface area (Å²) in [6, 6.07) is 69.6. The van der Waals surface area contributed by atoms with Crippen molar-refractivity contribution >= 4 is 98.1 Å². The molecule has 2 N–H and O–H groups in total. The van der Waals surface area contributed by atoms with Gasteiger partial charge in [0.25, 0.3) is 0 Å². The van der Waals surface area contributed by atoms with Gasteiger partial charge in [0.2, 0.25) is 0 Å².